The first-order valence-electron chi connectivity index (χ1n) is 6.30. The average Bonchev–Trinajstić information content (AvgIpc) is 2.42. The summed E-state index contributed by atoms with van der Waals surface area (Å²) in [6, 6.07) is 8.45. The van der Waals surface area contributed by atoms with Gasteiger partial charge in [0, 0.05) is 13.0 Å². The molecule has 5 heteroatoms. The van der Waals surface area contributed by atoms with E-state index in [1.807, 2.05) is 25.1 Å². The van der Waals surface area contributed by atoms with Crippen LogP contribution in [0.2, 0.25) is 0 Å². The average molecular weight is 264 g/mol. The molecule has 5 nitrogen and oxygen atoms in total. The lowest BCUT2D eigenvalue weighted by Crippen LogP contribution is -2.36. The molecule has 1 rings (SSSR count). The normalized spacial score (nSPS) is 13.6. The van der Waals surface area contributed by atoms with E-state index in [1.54, 1.807) is 12.1 Å². The number of rotatable bonds is 7. The van der Waals surface area contributed by atoms with Crippen LogP contribution in [0.15, 0.2) is 30.3 Å². The van der Waals surface area contributed by atoms with Gasteiger partial charge in [0.05, 0.1) is 0 Å². The fourth-order valence-electron chi connectivity index (χ4n) is 1.67. The van der Waals surface area contributed by atoms with E-state index in [0.29, 0.717) is 13.0 Å². The number of benzene rings is 1. The third-order valence-corrected chi connectivity index (χ3v) is 2.92. The molecule has 104 valence electrons. The van der Waals surface area contributed by atoms with Crippen molar-refractivity contribution in [3.63, 3.8) is 0 Å². The summed E-state index contributed by atoms with van der Waals surface area (Å²) < 4.78 is 0. The summed E-state index contributed by atoms with van der Waals surface area (Å²) in [6.45, 7) is 2.34. The van der Waals surface area contributed by atoms with E-state index >= 15 is 0 Å². The van der Waals surface area contributed by atoms with Gasteiger partial charge in [-0.1, -0.05) is 37.3 Å². The Morgan fingerprint density at radius 2 is 1.95 bits per heavy atom. The van der Waals surface area contributed by atoms with E-state index in [9.17, 15) is 9.59 Å². The van der Waals surface area contributed by atoms with Crippen molar-refractivity contribution in [1.82, 2.24) is 5.32 Å². The molecule has 0 aliphatic carbocycles. The van der Waals surface area contributed by atoms with Crippen molar-refractivity contribution >= 4 is 11.9 Å². The number of carbonyl (C=O) groups excluding carboxylic acids is 1. The maximum Gasteiger partial charge on any atom is 0.303 e. The quantitative estimate of drug-likeness (QED) is 0.692. The number of carbonyl (C=O) groups is 2. The number of hydrogen-bond donors (Lipinski definition) is 3. The Hall–Kier alpha value is -1.88. The summed E-state index contributed by atoms with van der Waals surface area (Å²) >= 11 is 0. The fourth-order valence-corrected chi connectivity index (χ4v) is 1.67. The maximum absolute atomic E-state index is 11.8. The Morgan fingerprint density at radius 1 is 1.32 bits per heavy atom. The second-order valence-corrected chi connectivity index (χ2v) is 4.67. The zero-order chi connectivity index (χ0) is 14.3. The van der Waals surface area contributed by atoms with Crippen molar-refractivity contribution < 1.29 is 14.7 Å². The van der Waals surface area contributed by atoms with E-state index in [0.717, 1.165) is 5.56 Å². The number of nitrogens with two attached hydrogens (primary N) is 1. The SMILES string of the molecule is CC(CCC(=O)O)CNC(=O)C(N)c1ccccc1. The number of hydrogen-bond acceptors (Lipinski definition) is 3. The molecular weight excluding hydrogens is 244 g/mol. The molecule has 0 saturated heterocycles. The summed E-state index contributed by atoms with van der Waals surface area (Å²) in [6.07, 6.45) is 0.651. The second kappa shape index (κ2) is 7.53. The van der Waals surface area contributed by atoms with Gasteiger partial charge in [-0.2, -0.15) is 0 Å². The molecule has 2 atom stereocenters. The molecule has 0 saturated carbocycles. The molecule has 19 heavy (non-hydrogen) atoms. The highest BCUT2D eigenvalue weighted by molar-refractivity contribution is 5.82. The number of carboxylic acid groups (broad SMARTS) is 1. The minimum atomic E-state index is -0.820. The molecule has 1 amide bonds. The molecule has 4 N–H and O–H groups in total. The van der Waals surface area contributed by atoms with Crippen LogP contribution >= 0.6 is 0 Å². The van der Waals surface area contributed by atoms with Gasteiger partial charge in [0.25, 0.3) is 0 Å². The van der Waals surface area contributed by atoms with Gasteiger partial charge in [0.1, 0.15) is 6.04 Å². The number of nitrogens with one attached hydrogen (secondary N) is 1. The Kier molecular flexibility index (Phi) is 6.02. The van der Waals surface area contributed by atoms with Gasteiger partial charge in [-0.3, -0.25) is 9.59 Å². The predicted molar refractivity (Wildman–Crippen MR) is 72.4 cm³/mol. The maximum atomic E-state index is 11.8. The minimum absolute atomic E-state index is 0.113. The van der Waals surface area contributed by atoms with Crippen molar-refractivity contribution in [2.45, 2.75) is 25.8 Å². The molecule has 0 aromatic heterocycles. The minimum Gasteiger partial charge on any atom is -0.481 e. The van der Waals surface area contributed by atoms with Crippen LogP contribution in [0.1, 0.15) is 31.4 Å². The topological polar surface area (TPSA) is 92.4 Å². The summed E-state index contributed by atoms with van der Waals surface area (Å²) in [5.74, 6) is -0.949. The molecule has 0 aliphatic heterocycles. The third kappa shape index (κ3) is 5.52. The summed E-state index contributed by atoms with van der Waals surface area (Å²) in [4.78, 5) is 22.3. The molecule has 1 aromatic rings. The molecule has 0 aliphatic rings. The van der Waals surface area contributed by atoms with Crippen molar-refractivity contribution in [2.75, 3.05) is 6.54 Å². The molecule has 1 aromatic carbocycles. The van der Waals surface area contributed by atoms with Crippen molar-refractivity contribution in [3.05, 3.63) is 35.9 Å². The summed E-state index contributed by atoms with van der Waals surface area (Å²) in [5.41, 5.74) is 6.60. The fraction of sp³-hybridized carbons (Fsp3) is 0.429. The predicted octanol–water partition coefficient (Wildman–Crippen LogP) is 1.30. The smallest absolute Gasteiger partial charge is 0.303 e. The third-order valence-electron chi connectivity index (χ3n) is 2.92. The number of carboxylic acids is 1. The van der Waals surface area contributed by atoms with Crippen LogP contribution in [0.5, 0.6) is 0 Å². The first-order valence-corrected chi connectivity index (χ1v) is 6.30. The zero-order valence-corrected chi connectivity index (χ0v) is 11.0. The molecule has 0 fully saturated rings. The van der Waals surface area contributed by atoms with E-state index in [-0.39, 0.29) is 18.2 Å². The summed E-state index contributed by atoms with van der Waals surface area (Å²) in [5, 5.41) is 11.3. The van der Waals surface area contributed by atoms with E-state index in [4.69, 9.17) is 10.8 Å². The number of amides is 1. The summed E-state index contributed by atoms with van der Waals surface area (Å²) in [7, 11) is 0. The molecule has 0 bridgehead atoms. The van der Waals surface area contributed by atoms with Crippen molar-refractivity contribution in [3.8, 4) is 0 Å². The van der Waals surface area contributed by atoms with Crippen LogP contribution in [0.4, 0.5) is 0 Å². The van der Waals surface area contributed by atoms with Crippen LogP contribution in [-0.2, 0) is 9.59 Å². The molecule has 0 spiro atoms. The Balaban J connectivity index is 2.37. The molecule has 0 heterocycles. The monoisotopic (exact) mass is 264 g/mol. The van der Waals surface area contributed by atoms with Crippen LogP contribution in [0.3, 0.4) is 0 Å². The molecule has 2 unspecified atom stereocenters. The van der Waals surface area contributed by atoms with Gasteiger partial charge in [0.2, 0.25) is 5.91 Å². The van der Waals surface area contributed by atoms with Crippen LogP contribution in [-0.4, -0.2) is 23.5 Å². The zero-order valence-electron chi connectivity index (χ0n) is 11.0. The van der Waals surface area contributed by atoms with Crippen LogP contribution < -0.4 is 11.1 Å². The van der Waals surface area contributed by atoms with Gasteiger partial charge in [-0.05, 0) is 17.9 Å². The van der Waals surface area contributed by atoms with Crippen LogP contribution in [0.25, 0.3) is 0 Å². The number of aliphatic carboxylic acids is 1. The van der Waals surface area contributed by atoms with Gasteiger partial charge in [0.15, 0.2) is 0 Å². The van der Waals surface area contributed by atoms with Gasteiger partial charge < -0.3 is 16.2 Å². The van der Waals surface area contributed by atoms with Gasteiger partial charge >= 0.3 is 5.97 Å². The van der Waals surface area contributed by atoms with E-state index in [1.165, 1.54) is 0 Å². The highest BCUT2D eigenvalue weighted by atomic mass is 16.4. The van der Waals surface area contributed by atoms with Crippen molar-refractivity contribution in [1.29, 1.82) is 0 Å². The molecular formula is C14H20N2O3. The molecule has 0 radical (unpaired) electrons. The second-order valence-electron chi connectivity index (χ2n) is 4.67. The Morgan fingerprint density at radius 3 is 2.53 bits per heavy atom. The van der Waals surface area contributed by atoms with Gasteiger partial charge in [-0.25, -0.2) is 0 Å². The Labute approximate surface area is 112 Å². The van der Waals surface area contributed by atoms with E-state index in [2.05, 4.69) is 5.32 Å². The van der Waals surface area contributed by atoms with Crippen molar-refractivity contribution in [2.24, 2.45) is 11.7 Å². The lowest BCUT2D eigenvalue weighted by atomic mass is 10.0. The van der Waals surface area contributed by atoms with E-state index < -0.39 is 12.0 Å². The highest BCUT2D eigenvalue weighted by Gasteiger charge is 2.16. The van der Waals surface area contributed by atoms with Crippen LogP contribution in [0, 0.1) is 5.92 Å². The highest BCUT2D eigenvalue weighted by Crippen LogP contribution is 2.10. The van der Waals surface area contributed by atoms with Gasteiger partial charge in [-0.15, -0.1) is 0 Å². The largest absolute Gasteiger partial charge is 0.481 e. The Bertz CT molecular complexity index is 420. The first kappa shape index (κ1) is 15.2. The lowest BCUT2D eigenvalue weighted by molar-refractivity contribution is -0.137. The first-order chi connectivity index (χ1) is 9.00. The lowest BCUT2D eigenvalue weighted by Gasteiger charge is -2.15. The standard InChI is InChI=1S/C14H20N2O3/c1-10(7-8-12(17)18)9-16-14(19)13(15)11-5-3-2-4-6-11/h2-6,10,13H,7-9,15H2,1H3,(H,16,19)(H,17,18).